The summed E-state index contributed by atoms with van der Waals surface area (Å²) >= 11 is 0. The van der Waals surface area contributed by atoms with Gasteiger partial charge < -0.3 is 15.7 Å². The third-order valence-corrected chi connectivity index (χ3v) is 5.13. The lowest BCUT2D eigenvalue weighted by molar-refractivity contribution is -0.121. The molecule has 3 aromatic rings. The van der Waals surface area contributed by atoms with Gasteiger partial charge >= 0.3 is 0 Å². The Morgan fingerprint density at radius 1 is 1.14 bits per heavy atom. The lowest BCUT2D eigenvalue weighted by atomic mass is 9.95. The van der Waals surface area contributed by atoms with Crippen LogP contribution in [0.3, 0.4) is 0 Å². The highest BCUT2D eigenvalue weighted by atomic mass is 35.5. The smallest absolute Gasteiger partial charge is 0.227 e. The van der Waals surface area contributed by atoms with E-state index in [0.717, 1.165) is 50.0 Å². The molecule has 3 heterocycles. The van der Waals surface area contributed by atoms with Crippen molar-refractivity contribution in [2.75, 3.05) is 25.0 Å². The van der Waals surface area contributed by atoms with Crippen LogP contribution in [-0.2, 0) is 11.2 Å². The number of hydrogen-bond acceptors (Lipinski definition) is 4. The summed E-state index contributed by atoms with van der Waals surface area (Å²) in [6.07, 6.45) is 6.25. The molecule has 1 aliphatic heterocycles. The number of nitrogens with zero attached hydrogens (tertiary/aromatic N) is 3. The summed E-state index contributed by atoms with van der Waals surface area (Å²) in [5.74, 6) is 0.166. The maximum Gasteiger partial charge on any atom is 0.227 e. The fraction of sp³-hybridized carbons (Fsp3) is 0.350. The van der Waals surface area contributed by atoms with Gasteiger partial charge in [-0.3, -0.25) is 9.89 Å². The number of aromatic amines is 1. The molecular formula is C20H27Cl2N5O2. The Morgan fingerprint density at radius 3 is 2.59 bits per heavy atom. The lowest BCUT2D eigenvalue weighted by Gasteiger charge is -2.31. The van der Waals surface area contributed by atoms with Crippen molar-refractivity contribution in [3.05, 3.63) is 54.4 Å². The summed E-state index contributed by atoms with van der Waals surface area (Å²) in [7, 11) is 0. The summed E-state index contributed by atoms with van der Waals surface area (Å²) in [4.78, 5) is 19.3. The molecule has 0 radical (unpaired) electrons. The Labute approximate surface area is 182 Å². The molecule has 7 nitrogen and oxygen atoms in total. The highest BCUT2D eigenvalue weighted by Gasteiger charge is 2.25. The van der Waals surface area contributed by atoms with E-state index in [1.54, 1.807) is 12.4 Å². The number of likely N-dealkylation sites (tertiary alicyclic amines) is 1. The molecule has 1 saturated heterocycles. The molecule has 4 N–H and O–H groups in total. The monoisotopic (exact) mass is 439 g/mol. The molecule has 0 aliphatic carbocycles. The van der Waals surface area contributed by atoms with Gasteiger partial charge in [-0.05, 0) is 44.0 Å². The topological polar surface area (TPSA) is 105 Å². The molecule has 0 saturated carbocycles. The minimum absolute atomic E-state index is 0. The van der Waals surface area contributed by atoms with Crippen molar-refractivity contribution in [2.45, 2.75) is 19.3 Å². The van der Waals surface area contributed by atoms with Crippen LogP contribution in [0, 0.1) is 5.92 Å². The number of amides is 1. The van der Waals surface area contributed by atoms with E-state index < -0.39 is 0 Å². The van der Waals surface area contributed by atoms with Crippen LogP contribution in [0.15, 0.2) is 48.8 Å². The summed E-state index contributed by atoms with van der Waals surface area (Å²) in [5.41, 5.74) is 2.84. The number of anilines is 1. The van der Waals surface area contributed by atoms with E-state index in [2.05, 4.69) is 49.7 Å². The number of benzene rings is 1. The first kappa shape index (κ1) is 24.8. The zero-order chi connectivity index (χ0) is 17.8. The van der Waals surface area contributed by atoms with E-state index >= 15 is 0 Å². The average molecular weight is 440 g/mol. The van der Waals surface area contributed by atoms with Crippen LogP contribution >= 0.6 is 24.8 Å². The van der Waals surface area contributed by atoms with Gasteiger partial charge in [-0.25, -0.2) is 4.98 Å². The van der Waals surface area contributed by atoms with Gasteiger partial charge in [-0.1, -0.05) is 30.3 Å². The fourth-order valence-corrected chi connectivity index (χ4v) is 3.55. The van der Waals surface area contributed by atoms with Gasteiger partial charge in [-0.15, -0.1) is 24.8 Å². The van der Waals surface area contributed by atoms with Gasteiger partial charge in [0.05, 0.1) is 17.3 Å². The minimum atomic E-state index is 0. The summed E-state index contributed by atoms with van der Waals surface area (Å²) in [6.45, 7) is 3.00. The summed E-state index contributed by atoms with van der Waals surface area (Å²) < 4.78 is 0. The highest BCUT2D eigenvalue weighted by molar-refractivity contribution is 6.00. The second kappa shape index (κ2) is 11.7. The molecule has 1 aliphatic rings. The van der Waals surface area contributed by atoms with Crippen molar-refractivity contribution in [1.82, 2.24) is 20.1 Å². The van der Waals surface area contributed by atoms with E-state index in [1.165, 1.54) is 5.56 Å². The average Bonchev–Trinajstić information content (AvgIpc) is 3.17. The molecule has 2 aromatic heterocycles. The van der Waals surface area contributed by atoms with E-state index in [4.69, 9.17) is 0 Å². The lowest BCUT2D eigenvalue weighted by Crippen LogP contribution is -2.39. The van der Waals surface area contributed by atoms with Crippen LogP contribution in [0.2, 0.25) is 0 Å². The van der Waals surface area contributed by atoms with Crippen molar-refractivity contribution in [3.63, 3.8) is 0 Å². The molecule has 4 rings (SSSR count). The number of piperidine rings is 1. The van der Waals surface area contributed by atoms with Crippen molar-refractivity contribution in [2.24, 2.45) is 5.92 Å². The normalized spacial score (nSPS) is 14.3. The first-order valence-corrected chi connectivity index (χ1v) is 9.15. The van der Waals surface area contributed by atoms with E-state index in [0.29, 0.717) is 5.65 Å². The number of halogens is 2. The molecule has 9 heteroatoms. The van der Waals surface area contributed by atoms with Crippen LogP contribution in [0.1, 0.15) is 18.4 Å². The van der Waals surface area contributed by atoms with Gasteiger partial charge in [-0.2, -0.15) is 5.10 Å². The summed E-state index contributed by atoms with van der Waals surface area (Å²) in [6, 6.07) is 12.4. The molecule has 29 heavy (non-hydrogen) atoms. The maximum atomic E-state index is 12.6. The SMILES string of the molecule is Cl.Cl.O.O=C(Nc1ccnc2[nH]ncc12)C1CCN(CCc2ccccc2)CC1. The second-order valence-corrected chi connectivity index (χ2v) is 6.83. The van der Waals surface area contributed by atoms with Crippen molar-refractivity contribution >= 4 is 47.4 Å². The molecule has 0 unspecified atom stereocenters. The van der Waals surface area contributed by atoms with Crippen LogP contribution in [0.5, 0.6) is 0 Å². The van der Waals surface area contributed by atoms with Gasteiger partial charge in [0.1, 0.15) is 0 Å². The Balaban J connectivity index is 0.00000140. The number of rotatable bonds is 5. The number of hydrogen-bond donors (Lipinski definition) is 2. The molecule has 0 bridgehead atoms. The number of nitrogens with one attached hydrogen (secondary N) is 2. The zero-order valence-corrected chi connectivity index (χ0v) is 17.6. The Kier molecular flexibility index (Phi) is 10.0. The quantitative estimate of drug-likeness (QED) is 0.637. The maximum absolute atomic E-state index is 12.6. The fourth-order valence-electron chi connectivity index (χ4n) is 3.55. The van der Waals surface area contributed by atoms with E-state index in [-0.39, 0.29) is 42.1 Å². The molecular weight excluding hydrogens is 413 g/mol. The first-order valence-electron chi connectivity index (χ1n) is 9.15. The van der Waals surface area contributed by atoms with Gasteiger partial charge in [0.25, 0.3) is 0 Å². The van der Waals surface area contributed by atoms with Crippen molar-refractivity contribution in [3.8, 4) is 0 Å². The molecule has 1 aromatic carbocycles. The Bertz CT molecular complexity index is 883. The number of carbonyl (C=O) groups excluding carboxylic acids is 1. The standard InChI is InChI=1S/C20H23N5O.2ClH.H2O/c26-20(23-18-6-10-21-19-17(18)14-22-24-19)16-8-12-25(13-9-16)11-7-15-4-2-1-3-5-15;;;/h1-6,10,14,16H,7-9,11-13H2,(H2,21,22,23,24,26);2*1H;1H2. The number of aromatic nitrogens is 3. The third kappa shape index (κ3) is 6.14. The van der Waals surface area contributed by atoms with Crippen molar-refractivity contribution < 1.29 is 10.3 Å². The number of H-pyrrole nitrogens is 1. The van der Waals surface area contributed by atoms with Gasteiger partial charge in [0, 0.05) is 18.7 Å². The predicted octanol–water partition coefficient (Wildman–Crippen LogP) is 2.87. The second-order valence-electron chi connectivity index (χ2n) is 6.83. The highest BCUT2D eigenvalue weighted by Crippen LogP contribution is 2.23. The summed E-state index contributed by atoms with van der Waals surface area (Å²) in [5, 5.41) is 10.7. The molecule has 0 atom stereocenters. The molecule has 158 valence electrons. The minimum Gasteiger partial charge on any atom is -0.412 e. The number of fused-ring (bicyclic) bond motifs is 1. The molecule has 1 amide bonds. The Hall–Kier alpha value is -2.19. The number of carbonyl (C=O) groups is 1. The number of pyridine rings is 1. The van der Waals surface area contributed by atoms with Crippen LogP contribution in [-0.4, -0.2) is 51.1 Å². The van der Waals surface area contributed by atoms with Crippen molar-refractivity contribution in [1.29, 1.82) is 0 Å². The Morgan fingerprint density at radius 2 is 1.86 bits per heavy atom. The van der Waals surface area contributed by atoms with Gasteiger partial charge in [0.2, 0.25) is 5.91 Å². The molecule has 0 spiro atoms. The first-order chi connectivity index (χ1) is 12.8. The predicted molar refractivity (Wildman–Crippen MR) is 120 cm³/mol. The molecule has 1 fully saturated rings. The third-order valence-electron chi connectivity index (χ3n) is 5.13. The zero-order valence-electron chi connectivity index (χ0n) is 16.0. The van der Waals surface area contributed by atoms with Crippen LogP contribution < -0.4 is 5.32 Å². The largest absolute Gasteiger partial charge is 0.412 e. The van der Waals surface area contributed by atoms with Crippen LogP contribution in [0.4, 0.5) is 5.69 Å². The van der Waals surface area contributed by atoms with E-state index in [1.807, 2.05) is 12.1 Å². The van der Waals surface area contributed by atoms with Gasteiger partial charge in [0.15, 0.2) is 5.65 Å². The van der Waals surface area contributed by atoms with Crippen LogP contribution in [0.25, 0.3) is 11.0 Å². The van der Waals surface area contributed by atoms with E-state index in [9.17, 15) is 4.79 Å².